The van der Waals surface area contributed by atoms with E-state index in [1.165, 1.54) is 45.3 Å². The Morgan fingerprint density at radius 2 is 1.90 bits per heavy atom. The van der Waals surface area contributed by atoms with Gasteiger partial charge < -0.3 is 19.9 Å². The van der Waals surface area contributed by atoms with Gasteiger partial charge >= 0.3 is 0 Å². The molecule has 30 heavy (non-hydrogen) atoms. The molecular weight excluding hydrogens is 517 g/mol. The van der Waals surface area contributed by atoms with Gasteiger partial charge in [-0.1, -0.05) is 6.42 Å². The summed E-state index contributed by atoms with van der Waals surface area (Å²) in [5.74, 6) is 1.54. The number of nitrogens with one attached hydrogen (secondary N) is 2. The van der Waals surface area contributed by atoms with Crippen LogP contribution in [-0.2, 0) is 14.8 Å². The van der Waals surface area contributed by atoms with E-state index >= 15 is 0 Å². The monoisotopic (exact) mass is 557 g/mol. The van der Waals surface area contributed by atoms with Crippen LogP contribution in [-0.4, -0.2) is 95.5 Å². The molecule has 3 aliphatic heterocycles. The van der Waals surface area contributed by atoms with Crippen molar-refractivity contribution in [2.24, 2.45) is 10.9 Å². The van der Waals surface area contributed by atoms with Crippen molar-refractivity contribution in [3.8, 4) is 0 Å². The highest BCUT2D eigenvalue weighted by atomic mass is 127. The number of aliphatic imine (C=N–C) groups is 1. The molecule has 176 valence electrons. The minimum atomic E-state index is -3.31. The van der Waals surface area contributed by atoms with Crippen LogP contribution >= 0.6 is 24.0 Å². The van der Waals surface area contributed by atoms with Crippen LogP contribution in [0.5, 0.6) is 0 Å². The number of guanidine groups is 1. The lowest BCUT2D eigenvalue weighted by atomic mass is 10.1. The minimum Gasteiger partial charge on any atom is -0.377 e. The molecule has 3 fully saturated rings. The summed E-state index contributed by atoms with van der Waals surface area (Å²) in [7, 11) is -1.54. The van der Waals surface area contributed by atoms with E-state index in [2.05, 4.69) is 24.8 Å². The van der Waals surface area contributed by atoms with Crippen molar-refractivity contribution in [2.75, 3.05) is 65.2 Å². The molecule has 0 spiro atoms. The number of likely N-dealkylation sites (tertiary alicyclic amines) is 2. The smallest absolute Gasteiger partial charge is 0.213 e. The summed E-state index contributed by atoms with van der Waals surface area (Å²) in [6.45, 7) is 7.11. The van der Waals surface area contributed by atoms with Crippen molar-refractivity contribution in [1.29, 1.82) is 0 Å². The Hall–Kier alpha value is -0.170. The van der Waals surface area contributed by atoms with E-state index in [1.54, 1.807) is 7.05 Å². The van der Waals surface area contributed by atoms with Crippen LogP contribution in [0.4, 0.5) is 0 Å². The Balaban J connectivity index is 0.00000320. The van der Waals surface area contributed by atoms with Crippen molar-refractivity contribution in [2.45, 2.75) is 51.0 Å². The molecule has 0 aromatic rings. The Morgan fingerprint density at radius 3 is 2.60 bits per heavy atom. The average molecular weight is 558 g/mol. The van der Waals surface area contributed by atoms with Gasteiger partial charge in [-0.05, 0) is 57.5 Å². The maximum atomic E-state index is 12.3. The van der Waals surface area contributed by atoms with Crippen molar-refractivity contribution in [1.82, 2.24) is 19.8 Å². The topological polar surface area (TPSA) is 86.3 Å². The molecule has 2 unspecified atom stereocenters. The minimum absolute atomic E-state index is 0. The molecule has 3 heterocycles. The number of hydrogen-bond donors (Lipinski definition) is 2. The first-order valence-electron chi connectivity index (χ1n) is 11.3. The first-order valence-corrected chi connectivity index (χ1v) is 13.0. The Morgan fingerprint density at radius 1 is 1.10 bits per heavy atom. The lowest BCUT2D eigenvalue weighted by Gasteiger charge is -2.29. The van der Waals surface area contributed by atoms with Crippen LogP contribution in [0.2, 0.25) is 0 Å². The zero-order chi connectivity index (χ0) is 20.5. The van der Waals surface area contributed by atoms with Crippen molar-refractivity contribution < 1.29 is 13.2 Å². The molecule has 3 aliphatic rings. The van der Waals surface area contributed by atoms with Gasteiger partial charge in [-0.3, -0.25) is 4.99 Å². The molecule has 10 heteroatoms. The Bertz CT molecular complexity index is 622. The lowest BCUT2D eigenvalue weighted by molar-refractivity contribution is 0.0200. The van der Waals surface area contributed by atoms with Crippen LogP contribution in [0, 0.1) is 5.92 Å². The molecule has 0 aliphatic carbocycles. The van der Waals surface area contributed by atoms with E-state index < -0.39 is 10.0 Å². The van der Waals surface area contributed by atoms with Gasteiger partial charge in [0.1, 0.15) is 0 Å². The third-order valence-electron chi connectivity index (χ3n) is 6.22. The van der Waals surface area contributed by atoms with Gasteiger partial charge in [-0.25, -0.2) is 13.1 Å². The molecule has 3 rings (SSSR count). The van der Waals surface area contributed by atoms with Crippen molar-refractivity contribution in [3.05, 3.63) is 0 Å². The highest BCUT2D eigenvalue weighted by Gasteiger charge is 2.27. The second-order valence-electron chi connectivity index (χ2n) is 8.59. The molecule has 0 bridgehead atoms. The fourth-order valence-electron chi connectivity index (χ4n) is 4.57. The SMILES string of the molecule is CN=C(NCCS(=O)(=O)NCC1CCCCO1)N1CCC(CN2CCCCC2)C1.I. The van der Waals surface area contributed by atoms with E-state index in [0.717, 1.165) is 44.9 Å². The third kappa shape index (κ3) is 8.76. The predicted octanol–water partition coefficient (Wildman–Crippen LogP) is 1.48. The highest BCUT2D eigenvalue weighted by Crippen LogP contribution is 2.19. The average Bonchev–Trinajstić information content (AvgIpc) is 3.19. The quantitative estimate of drug-likeness (QED) is 0.267. The molecule has 8 nitrogen and oxygen atoms in total. The number of sulfonamides is 1. The lowest BCUT2D eigenvalue weighted by Crippen LogP contribution is -2.44. The second kappa shape index (κ2) is 13.4. The molecule has 0 saturated carbocycles. The predicted molar refractivity (Wildman–Crippen MR) is 132 cm³/mol. The van der Waals surface area contributed by atoms with Crippen LogP contribution < -0.4 is 10.0 Å². The van der Waals surface area contributed by atoms with Gasteiger partial charge in [0.15, 0.2) is 5.96 Å². The molecule has 0 amide bonds. The van der Waals surface area contributed by atoms with Gasteiger partial charge in [0.25, 0.3) is 0 Å². The first-order chi connectivity index (χ1) is 14.1. The van der Waals surface area contributed by atoms with Gasteiger partial charge in [-0.2, -0.15) is 0 Å². The number of nitrogens with zero attached hydrogens (tertiary/aromatic N) is 3. The normalized spacial score (nSPS) is 26.4. The molecule has 2 atom stereocenters. The Labute approximate surface area is 199 Å². The maximum absolute atomic E-state index is 12.3. The van der Waals surface area contributed by atoms with E-state index in [1.807, 2.05) is 0 Å². The van der Waals surface area contributed by atoms with Gasteiger partial charge in [0.05, 0.1) is 11.9 Å². The number of rotatable bonds is 8. The van der Waals surface area contributed by atoms with Crippen molar-refractivity contribution in [3.63, 3.8) is 0 Å². The molecule has 3 saturated heterocycles. The third-order valence-corrected chi connectivity index (χ3v) is 7.57. The fourth-order valence-corrected chi connectivity index (χ4v) is 5.53. The van der Waals surface area contributed by atoms with E-state index in [4.69, 9.17) is 4.74 Å². The summed E-state index contributed by atoms with van der Waals surface area (Å²) in [5, 5.41) is 3.24. The van der Waals surface area contributed by atoms with Crippen LogP contribution in [0.15, 0.2) is 4.99 Å². The number of hydrogen-bond acceptors (Lipinski definition) is 5. The summed E-state index contributed by atoms with van der Waals surface area (Å²) in [4.78, 5) is 9.24. The fraction of sp³-hybridized carbons (Fsp3) is 0.950. The summed E-state index contributed by atoms with van der Waals surface area (Å²) >= 11 is 0. The molecule has 0 aromatic carbocycles. The summed E-state index contributed by atoms with van der Waals surface area (Å²) in [5.41, 5.74) is 0. The second-order valence-corrected chi connectivity index (χ2v) is 10.5. The Kier molecular flexibility index (Phi) is 11.6. The maximum Gasteiger partial charge on any atom is 0.213 e. The van der Waals surface area contributed by atoms with Gasteiger partial charge in [0.2, 0.25) is 10.0 Å². The van der Waals surface area contributed by atoms with Crippen LogP contribution in [0.3, 0.4) is 0 Å². The molecule has 2 N–H and O–H groups in total. The standard InChI is InChI=1S/C20H39N5O3S.HI/c1-21-20(25-12-8-18(17-25)16-24-10-4-2-5-11-24)22-9-14-29(26,27)23-15-19-7-3-6-13-28-19;/h18-19,23H,2-17H2,1H3,(H,21,22);1H. The van der Waals surface area contributed by atoms with Gasteiger partial charge in [-0.15, -0.1) is 24.0 Å². The number of halogens is 1. The number of ether oxygens (including phenoxy) is 1. The summed E-state index contributed by atoms with van der Waals surface area (Å²) in [6.07, 6.45) is 8.33. The molecule has 0 aromatic heterocycles. The molecular formula is C20H40IN5O3S. The zero-order valence-electron chi connectivity index (χ0n) is 18.4. The highest BCUT2D eigenvalue weighted by molar-refractivity contribution is 14.0. The molecule has 0 radical (unpaired) electrons. The van der Waals surface area contributed by atoms with Crippen LogP contribution in [0.1, 0.15) is 44.9 Å². The van der Waals surface area contributed by atoms with Crippen LogP contribution in [0.25, 0.3) is 0 Å². The van der Waals surface area contributed by atoms with Crippen molar-refractivity contribution >= 4 is 40.0 Å². The van der Waals surface area contributed by atoms with E-state index in [0.29, 0.717) is 19.0 Å². The summed E-state index contributed by atoms with van der Waals surface area (Å²) < 4.78 is 32.8. The van der Waals surface area contributed by atoms with E-state index in [-0.39, 0.29) is 35.8 Å². The summed E-state index contributed by atoms with van der Waals surface area (Å²) in [6, 6.07) is 0. The first kappa shape index (κ1) is 26.1. The largest absolute Gasteiger partial charge is 0.377 e. The zero-order valence-corrected chi connectivity index (χ0v) is 21.5. The van der Waals surface area contributed by atoms with E-state index in [9.17, 15) is 8.42 Å². The van der Waals surface area contributed by atoms with Gasteiger partial charge in [0, 0.05) is 46.4 Å². The number of piperidine rings is 1.